The van der Waals surface area contributed by atoms with Gasteiger partial charge in [0.2, 0.25) is 0 Å². The van der Waals surface area contributed by atoms with Crippen LogP contribution in [0.2, 0.25) is 0 Å². The van der Waals surface area contributed by atoms with Crippen molar-refractivity contribution in [1.82, 2.24) is 0 Å². The van der Waals surface area contributed by atoms with Crippen molar-refractivity contribution in [3.8, 4) is 11.1 Å². The lowest BCUT2D eigenvalue weighted by Gasteiger charge is -1.96. The molecule has 0 saturated carbocycles. The minimum atomic E-state index is 0.149. The number of rotatable bonds is 0. The Balaban J connectivity index is 0.000000737. The van der Waals surface area contributed by atoms with Gasteiger partial charge < -0.3 is 0 Å². The van der Waals surface area contributed by atoms with E-state index in [-0.39, 0.29) is 5.78 Å². The van der Waals surface area contributed by atoms with Crippen molar-refractivity contribution in [3.05, 3.63) is 240 Å². The molecule has 4 heteroatoms. The molecule has 0 atom stereocenters. The molecule has 0 saturated heterocycles. The van der Waals surface area contributed by atoms with Crippen LogP contribution in [0.25, 0.3) is 34.1 Å². The summed E-state index contributed by atoms with van der Waals surface area (Å²) in [6, 6.07) is 60.9. The number of hydrogen-bond donors (Lipinski definition) is 0. The van der Waals surface area contributed by atoms with Crippen LogP contribution in [0.4, 0.5) is 0 Å². The molecule has 4 aliphatic rings. The summed E-state index contributed by atoms with van der Waals surface area (Å²) < 4.78 is 0. The van der Waals surface area contributed by atoms with E-state index in [1.54, 1.807) is 0 Å². The largest absolute Gasteiger partial charge is 0.289 e. The summed E-state index contributed by atoms with van der Waals surface area (Å²) in [4.78, 5) is 11.9. The Morgan fingerprint density at radius 2 is 0.569 bits per heavy atom. The van der Waals surface area contributed by atoms with E-state index in [0.717, 1.165) is 22.3 Å². The second kappa shape index (κ2) is 40.4. The Labute approximate surface area is 398 Å². The lowest BCUT2D eigenvalue weighted by Crippen LogP contribution is -2.09. The smallest absolute Gasteiger partial charge is 0.194 e. The van der Waals surface area contributed by atoms with Crippen LogP contribution in [0.1, 0.15) is 110 Å². The van der Waals surface area contributed by atoms with Crippen LogP contribution in [0, 0.1) is 0 Å². The lowest BCUT2D eigenvalue weighted by molar-refractivity contribution is 0.104. The van der Waals surface area contributed by atoms with Gasteiger partial charge >= 0.3 is 0 Å². The van der Waals surface area contributed by atoms with Gasteiger partial charge in [-0.25, -0.2) is 0 Å². The van der Waals surface area contributed by atoms with E-state index in [1.807, 2.05) is 199 Å². The van der Waals surface area contributed by atoms with Gasteiger partial charge in [0, 0.05) is 11.1 Å². The molecule has 3 aliphatic heterocycles. The minimum absolute atomic E-state index is 0.149. The van der Waals surface area contributed by atoms with E-state index < -0.39 is 0 Å². The Morgan fingerprint density at radius 3 is 0.862 bits per heavy atom. The standard InChI is InChI=1S/C13H8O.C10H8.2C8H6B.C6H6.C4H4B.6C2H6/c14-13-11-7-3-1-5-9(11)10-6-2-4-8-12(10)13;1-2-6-10-8-4-3-7-9(10)5-1;2*1-2-4-8-7(3-1)5-6-9-8;1-2-4-6-5-3-1;1-2-4-5-3-1;6*1-2/h1-8H;1-8H;2*1-6H;1-6H;1-4H;6*1-2H3. The number of hydrogen-bond acceptors (Lipinski definition) is 1. The fourth-order valence-corrected chi connectivity index (χ4v) is 5.96. The van der Waals surface area contributed by atoms with Crippen LogP contribution in [0.15, 0.2) is 218 Å². The highest BCUT2D eigenvalue weighted by Crippen LogP contribution is 2.35. The van der Waals surface area contributed by atoms with Crippen molar-refractivity contribution in [2.75, 3.05) is 0 Å². The molecule has 65 heavy (non-hydrogen) atoms. The molecule has 0 amide bonds. The lowest BCUT2D eigenvalue weighted by atomic mass is 9.74. The molecule has 11 rings (SSSR count). The number of allylic oxidation sites excluding steroid dienone is 2. The summed E-state index contributed by atoms with van der Waals surface area (Å²) in [7, 11) is 6.24. The van der Waals surface area contributed by atoms with E-state index in [0.29, 0.717) is 0 Å². The average Bonchev–Trinajstić information content (AvgIpc) is 4.29. The molecule has 7 aromatic carbocycles. The van der Waals surface area contributed by atoms with Gasteiger partial charge in [-0.15, -0.1) is 23.9 Å². The first-order valence-electron chi connectivity index (χ1n) is 23.8. The number of ketones is 1. The van der Waals surface area contributed by atoms with Gasteiger partial charge in [0.05, 0.1) is 0 Å². The van der Waals surface area contributed by atoms with Crippen LogP contribution in [0.5, 0.6) is 0 Å². The molecule has 1 aliphatic carbocycles. The zero-order chi connectivity index (χ0) is 48.3. The van der Waals surface area contributed by atoms with Crippen molar-refractivity contribution in [2.45, 2.75) is 83.1 Å². The van der Waals surface area contributed by atoms with Crippen molar-refractivity contribution in [2.24, 2.45) is 0 Å². The molecule has 0 N–H and O–H groups in total. The maximum absolute atomic E-state index is 11.9. The molecular formula is C61H74B3O. The second-order valence-electron chi connectivity index (χ2n) is 12.2. The molecule has 333 valence electrons. The van der Waals surface area contributed by atoms with E-state index in [4.69, 9.17) is 0 Å². The summed E-state index contributed by atoms with van der Waals surface area (Å²) >= 11 is 0. The summed E-state index contributed by atoms with van der Waals surface area (Å²) in [6.45, 7) is 24.0. The second-order valence-corrected chi connectivity index (χ2v) is 12.2. The summed E-state index contributed by atoms with van der Waals surface area (Å²) in [6.07, 6.45) is 8.24. The zero-order valence-corrected chi connectivity index (χ0v) is 41.6. The van der Waals surface area contributed by atoms with Crippen molar-refractivity contribution in [1.29, 1.82) is 0 Å². The van der Waals surface area contributed by atoms with Crippen LogP contribution in [0.3, 0.4) is 0 Å². The topological polar surface area (TPSA) is 17.1 Å². The normalized spacial score (nSPS) is 10.3. The highest BCUT2D eigenvalue weighted by Gasteiger charge is 2.24. The summed E-state index contributed by atoms with van der Waals surface area (Å²) in [5.41, 5.74) is 9.11. The SMILES string of the molecule is CC.CC.CC.CC.CC.CC.O=C1c2ccccc2-c2ccccc21.[B]1C=CC=C1.[B]1C=Cc2ccccc21.[B]1C=Cc2ccccc21.c1ccc2ccccc2c1.c1ccccc1. The molecule has 7 aromatic rings. The molecular weight excluding hydrogens is 781 g/mol. The Bertz CT molecular complexity index is 2150. The van der Waals surface area contributed by atoms with Gasteiger partial charge in [0.1, 0.15) is 0 Å². The first-order valence-corrected chi connectivity index (χ1v) is 23.8. The molecule has 0 spiro atoms. The highest BCUT2D eigenvalue weighted by molar-refractivity contribution is 6.63. The van der Waals surface area contributed by atoms with Gasteiger partial charge in [-0.3, -0.25) is 4.79 Å². The third-order valence-electron chi connectivity index (χ3n) is 8.61. The minimum Gasteiger partial charge on any atom is -0.289 e. The molecule has 1 nitrogen and oxygen atoms in total. The van der Waals surface area contributed by atoms with Crippen LogP contribution in [-0.4, -0.2) is 27.6 Å². The number of carbonyl (C=O) groups is 1. The van der Waals surface area contributed by atoms with Gasteiger partial charge in [0.15, 0.2) is 27.6 Å². The van der Waals surface area contributed by atoms with Crippen molar-refractivity contribution >= 4 is 61.5 Å². The predicted octanol–water partition coefficient (Wildman–Crippen LogP) is 16.3. The van der Waals surface area contributed by atoms with Gasteiger partial charge in [0.25, 0.3) is 0 Å². The fourth-order valence-electron chi connectivity index (χ4n) is 5.96. The number of benzene rings is 7. The number of carbonyl (C=O) groups excluding carboxylic acids is 1. The average molecular weight is 856 g/mol. The predicted molar refractivity (Wildman–Crippen MR) is 300 cm³/mol. The monoisotopic (exact) mass is 856 g/mol. The third-order valence-corrected chi connectivity index (χ3v) is 8.61. The van der Waals surface area contributed by atoms with E-state index >= 15 is 0 Å². The molecule has 0 fully saturated rings. The summed E-state index contributed by atoms with van der Waals surface area (Å²) in [5, 5.41) is 2.62. The molecule has 0 bridgehead atoms. The molecule has 3 radical (unpaired) electrons. The van der Waals surface area contributed by atoms with Gasteiger partial charge in [-0.05, 0) is 33.0 Å². The van der Waals surface area contributed by atoms with Crippen LogP contribution < -0.4 is 10.9 Å². The fraction of sp³-hybridized carbons (Fsp3) is 0.197. The Hall–Kier alpha value is -6.38. The molecule has 3 heterocycles. The Kier molecular flexibility index (Phi) is 36.4. The van der Waals surface area contributed by atoms with Gasteiger partial charge in [-0.1, -0.05) is 300 Å². The summed E-state index contributed by atoms with van der Waals surface area (Å²) in [5.74, 6) is 8.30. The first kappa shape index (κ1) is 58.6. The maximum Gasteiger partial charge on any atom is 0.194 e. The van der Waals surface area contributed by atoms with E-state index in [9.17, 15) is 4.79 Å². The van der Waals surface area contributed by atoms with Crippen LogP contribution >= 0.6 is 0 Å². The Morgan fingerprint density at radius 1 is 0.292 bits per heavy atom. The number of fused-ring (bicyclic) bond motifs is 6. The maximum atomic E-state index is 11.9. The van der Waals surface area contributed by atoms with Crippen molar-refractivity contribution in [3.63, 3.8) is 0 Å². The third kappa shape index (κ3) is 21.7. The molecule has 0 aromatic heterocycles. The quantitative estimate of drug-likeness (QED) is 0.139. The van der Waals surface area contributed by atoms with Crippen molar-refractivity contribution < 1.29 is 4.79 Å². The van der Waals surface area contributed by atoms with E-state index in [1.165, 1.54) is 32.8 Å². The van der Waals surface area contributed by atoms with Gasteiger partial charge in [-0.2, -0.15) is 0 Å². The zero-order valence-electron chi connectivity index (χ0n) is 41.6. The van der Waals surface area contributed by atoms with E-state index in [2.05, 4.69) is 136 Å². The highest BCUT2D eigenvalue weighted by atomic mass is 16.1. The van der Waals surface area contributed by atoms with Crippen LogP contribution in [-0.2, 0) is 0 Å². The first-order chi connectivity index (χ1) is 32.3. The molecule has 0 unspecified atom stereocenters.